The Kier molecular flexibility index (Phi) is 4.80. The number of carbonyl (C=O) groups excluding carboxylic acids is 2. The van der Waals surface area contributed by atoms with E-state index in [0.29, 0.717) is 24.3 Å². The van der Waals surface area contributed by atoms with E-state index in [1.807, 2.05) is 6.92 Å². The van der Waals surface area contributed by atoms with Gasteiger partial charge in [0.1, 0.15) is 5.41 Å². The maximum absolute atomic E-state index is 14.0. The molecule has 1 spiro atoms. The first-order valence-electron chi connectivity index (χ1n) is 11.1. The summed E-state index contributed by atoms with van der Waals surface area (Å²) in [5.41, 5.74) is 3.85. The second-order valence-corrected chi connectivity index (χ2v) is 8.55. The Morgan fingerprint density at radius 2 is 1.94 bits per heavy atom. The second kappa shape index (κ2) is 7.52. The molecule has 1 saturated heterocycles. The van der Waals surface area contributed by atoms with Crippen LogP contribution in [0.2, 0.25) is 0 Å². The number of rotatable bonds is 3. The molecule has 6 nitrogen and oxygen atoms in total. The second-order valence-electron chi connectivity index (χ2n) is 8.55. The molecule has 0 aliphatic carbocycles. The Balaban J connectivity index is 1.51. The number of amides is 1. The zero-order chi connectivity index (χ0) is 21.6. The van der Waals surface area contributed by atoms with Gasteiger partial charge in [-0.05, 0) is 75.4 Å². The van der Waals surface area contributed by atoms with E-state index >= 15 is 0 Å². The molecule has 5 rings (SSSR count). The normalized spacial score (nSPS) is 24.6. The molecule has 0 saturated carbocycles. The molecule has 3 aliphatic rings. The van der Waals surface area contributed by atoms with Gasteiger partial charge >= 0.3 is 5.97 Å². The van der Waals surface area contributed by atoms with Crippen LogP contribution in [-0.2, 0) is 16.0 Å². The molecule has 0 bridgehead atoms. The highest BCUT2D eigenvalue weighted by Crippen LogP contribution is 2.49. The van der Waals surface area contributed by atoms with Crippen molar-refractivity contribution in [1.82, 2.24) is 0 Å². The third-order valence-corrected chi connectivity index (χ3v) is 6.93. The topological polar surface area (TPSA) is 62.2 Å². The molecule has 0 N–H and O–H groups in total. The van der Waals surface area contributed by atoms with Crippen LogP contribution in [0.25, 0.3) is 0 Å². The lowest BCUT2D eigenvalue weighted by Crippen LogP contribution is -2.61. The highest BCUT2D eigenvalue weighted by Gasteiger charge is 2.58. The molecule has 160 valence electrons. The van der Waals surface area contributed by atoms with Crippen LogP contribution in [0.3, 0.4) is 0 Å². The van der Waals surface area contributed by atoms with Crippen molar-refractivity contribution in [1.29, 1.82) is 0 Å². The molecule has 0 unspecified atom stereocenters. The molecule has 3 heterocycles. The first-order chi connectivity index (χ1) is 15.1. The zero-order valence-corrected chi connectivity index (χ0v) is 18.0. The quantitative estimate of drug-likeness (QED) is 0.703. The summed E-state index contributed by atoms with van der Waals surface area (Å²) in [7, 11) is 0. The average molecular weight is 418 g/mol. The van der Waals surface area contributed by atoms with Crippen LogP contribution in [0.5, 0.6) is 0 Å². The van der Waals surface area contributed by atoms with Crippen molar-refractivity contribution >= 4 is 29.0 Å². The number of hydrogen-bond donors (Lipinski definition) is 0. The van der Waals surface area contributed by atoms with Gasteiger partial charge in [-0.2, -0.15) is 10.1 Å². The third-order valence-electron chi connectivity index (χ3n) is 6.93. The molecule has 31 heavy (non-hydrogen) atoms. The molecule has 2 aromatic carbocycles. The fourth-order valence-corrected chi connectivity index (χ4v) is 5.43. The fourth-order valence-electron chi connectivity index (χ4n) is 5.43. The van der Waals surface area contributed by atoms with Gasteiger partial charge < -0.3 is 9.64 Å². The van der Waals surface area contributed by atoms with E-state index < -0.39 is 5.41 Å². The van der Waals surface area contributed by atoms with E-state index in [2.05, 4.69) is 29.2 Å². The lowest BCUT2D eigenvalue weighted by molar-refractivity contribution is -0.125. The van der Waals surface area contributed by atoms with Crippen LogP contribution in [0.4, 0.5) is 11.4 Å². The molecular formula is C25H27N3O3. The maximum atomic E-state index is 14.0. The number of benzene rings is 2. The number of anilines is 2. The molecule has 2 atom stereocenters. The largest absolute Gasteiger partial charge is 0.462 e. The average Bonchev–Trinajstić information content (AvgIpc) is 3.05. The molecule has 1 amide bonds. The van der Waals surface area contributed by atoms with Crippen molar-refractivity contribution < 1.29 is 14.3 Å². The summed E-state index contributed by atoms with van der Waals surface area (Å²) >= 11 is 0. The number of fused-ring (bicyclic) bond motifs is 4. The smallest absolute Gasteiger partial charge is 0.338 e. The van der Waals surface area contributed by atoms with Crippen LogP contribution in [0.15, 0.2) is 53.6 Å². The van der Waals surface area contributed by atoms with Crippen LogP contribution < -0.4 is 9.91 Å². The van der Waals surface area contributed by atoms with E-state index in [-0.39, 0.29) is 17.9 Å². The molecule has 2 aromatic rings. The molecule has 1 fully saturated rings. The molecule has 3 aliphatic heterocycles. The predicted octanol–water partition coefficient (Wildman–Crippen LogP) is 4.19. The minimum atomic E-state index is -0.644. The number of carbonyl (C=O) groups is 2. The van der Waals surface area contributed by atoms with Gasteiger partial charge in [-0.3, -0.25) is 4.79 Å². The summed E-state index contributed by atoms with van der Waals surface area (Å²) in [6.07, 6.45) is 3.93. The minimum absolute atomic E-state index is 0.0280. The van der Waals surface area contributed by atoms with Gasteiger partial charge in [-0.1, -0.05) is 18.2 Å². The number of hydrogen-bond acceptors (Lipinski definition) is 5. The number of para-hydroxylation sites is 1. The number of hydrazone groups is 1. The summed E-state index contributed by atoms with van der Waals surface area (Å²) in [6, 6.07) is 15.5. The van der Waals surface area contributed by atoms with Crippen molar-refractivity contribution in [3.05, 3.63) is 59.7 Å². The molecular weight excluding hydrogens is 390 g/mol. The Morgan fingerprint density at radius 1 is 1.16 bits per heavy atom. The molecule has 0 aromatic heterocycles. The maximum Gasteiger partial charge on any atom is 0.338 e. The van der Waals surface area contributed by atoms with Gasteiger partial charge in [0.05, 0.1) is 23.6 Å². The van der Waals surface area contributed by atoms with Crippen molar-refractivity contribution in [3.8, 4) is 0 Å². The highest BCUT2D eigenvalue weighted by atomic mass is 16.5. The minimum Gasteiger partial charge on any atom is -0.462 e. The first-order valence-corrected chi connectivity index (χ1v) is 11.1. The van der Waals surface area contributed by atoms with Crippen LogP contribution in [-0.4, -0.2) is 36.8 Å². The number of esters is 1. The highest BCUT2D eigenvalue weighted by molar-refractivity contribution is 6.20. The number of nitrogens with zero attached hydrogens (tertiary/aromatic N) is 3. The number of piperidine rings is 1. The van der Waals surface area contributed by atoms with Crippen LogP contribution in [0, 0.1) is 5.41 Å². The summed E-state index contributed by atoms with van der Waals surface area (Å²) < 4.78 is 5.06. The standard InChI is InChI=1S/C25H27N3O3/c1-3-31-23(29)18-11-13-20(14-12-18)28-24(30)25(17(2)26-28)16-19-8-4-5-9-21(19)27-15-7-6-10-22(25)27/h4-5,8-9,11-14,22H,3,6-7,10,15-16H2,1-2H3/t22-,25+/m1/s1. The third kappa shape index (κ3) is 2.96. The Labute approximate surface area is 182 Å². The van der Waals surface area contributed by atoms with E-state index in [9.17, 15) is 9.59 Å². The zero-order valence-electron chi connectivity index (χ0n) is 18.0. The van der Waals surface area contributed by atoms with Crippen LogP contribution in [0.1, 0.15) is 49.0 Å². The van der Waals surface area contributed by atoms with Gasteiger partial charge in [0, 0.05) is 18.3 Å². The van der Waals surface area contributed by atoms with E-state index in [4.69, 9.17) is 9.84 Å². The van der Waals surface area contributed by atoms with Gasteiger partial charge in [0.2, 0.25) is 0 Å². The fraction of sp³-hybridized carbons (Fsp3) is 0.400. The van der Waals surface area contributed by atoms with Crippen molar-refractivity contribution in [2.75, 3.05) is 23.1 Å². The first kappa shape index (κ1) is 19.8. The van der Waals surface area contributed by atoms with Crippen molar-refractivity contribution in [2.45, 2.75) is 45.6 Å². The number of ether oxygens (including phenoxy) is 1. The summed E-state index contributed by atoms with van der Waals surface area (Å²) in [4.78, 5) is 28.4. The van der Waals surface area contributed by atoms with E-state index in [0.717, 1.165) is 31.5 Å². The summed E-state index contributed by atoms with van der Waals surface area (Å²) in [6.45, 7) is 5.07. The van der Waals surface area contributed by atoms with Crippen LogP contribution >= 0.6 is 0 Å². The lowest BCUT2D eigenvalue weighted by Gasteiger charge is -2.51. The SMILES string of the molecule is CCOC(=O)c1ccc(N2N=C(C)[C@]3(Cc4ccccc4N4CCCC[C@@H]43)C2=O)cc1. The Hall–Kier alpha value is -3.15. The Morgan fingerprint density at radius 3 is 2.71 bits per heavy atom. The van der Waals surface area contributed by atoms with Crippen molar-refractivity contribution in [3.63, 3.8) is 0 Å². The molecule has 0 radical (unpaired) electrons. The van der Waals surface area contributed by atoms with Gasteiger partial charge in [-0.25, -0.2) is 4.79 Å². The van der Waals surface area contributed by atoms with Gasteiger partial charge in [0.25, 0.3) is 5.91 Å². The molecule has 6 heteroatoms. The summed E-state index contributed by atoms with van der Waals surface area (Å²) in [5, 5.41) is 6.28. The van der Waals surface area contributed by atoms with E-state index in [1.165, 1.54) is 16.3 Å². The Bertz CT molecular complexity index is 1060. The lowest BCUT2D eigenvalue weighted by atomic mass is 9.66. The summed E-state index contributed by atoms with van der Waals surface area (Å²) in [5.74, 6) is -0.333. The van der Waals surface area contributed by atoms with Gasteiger partial charge in [0.15, 0.2) is 0 Å². The van der Waals surface area contributed by atoms with E-state index in [1.54, 1.807) is 31.2 Å². The van der Waals surface area contributed by atoms with Gasteiger partial charge in [-0.15, -0.1) is 0 Å². The predicted molar refractivity (Wildman–Crippen MR) is 121 cm³/mol. The van der Waals surface area contributed by atoms with Crippen molar-refractivity contribution in [2.24, 2.45) is 10.5 Å². The monoisotopic (exact) mass is 417 g/mol.